The summed E-state index contributed by atoms with van der Waals surface area (Å²) in [5.41, 5.74) is 11.2. The molecular weight excluding hydrogens is 318 g/mol. The zero-order valence-electron chi connectivity index (χ0n) is 15.2. The lowest BCUT2D eigenvalue weighted by Gasteiger charge is -2.33. The molecule has 1 saturated heterocycles. The second-order valence-corrected chi connectivity index (χ2v) is 6.62. The Morgan fingerprint density at radius 1 is 1.36 bits per heavy atom. The summed E-state index contributed by atoms with van der Waals surface area (Å²) in [4.78, 5) is 19.1. The van der Waals surface area contributed by atoms with Crippen LogP contribution in [0.2, 0.25) is 0 Å². The van der Waals surface area contributed by atoms with Crippen molar-refractivity contribution in [1.29, 1.82) is 0 Å². The molecule has 2 aromatic heterocycles. The lowest BCUT2D eigenvalue weighted by atomic mass is 10.1. The molecule has 7 nitrogen and oxygen atoms in total. The molecule has 1 aliphatic rings. The Morgan fingerprint density at radius 3 is 2.76 bits per heavy atom. The van der Waals surface area contributed by atoms with Crippen LogP contribution in [-0.2, 0) is 23.0 Å². The van der Waals surface area contributed by atoms with Crippen molar-refractivity contribution in [2.75, 3.05) is 25.4 Å². The van der Waals surface area contributed by atoms with Crippen LogP contribution >= 0.6 is 0 Å². The average molecular weight is 343 g/mol. The first-order valence-electron chi connectivity index (χ1n) is 8.47. The third-order valence-corrected chi connectivity index (χ3v) is 4.73. The van der Waals surface area contributed by atoms with Crippen molar-refractivity contribution in [3.63, 3.8) is 0 Å². The van der Waals surface area contributed by atoms with E-state index in [0.29, 0.717) is 31.8 Å². The highest BCUT2D eigenvalue weighted by atomic mass is 16.5. The number of ether oxygens (including phenoxy) is 1. The molecule has 2 N–H and O–H groups in total. The van der Waals surface area contributed by atoms with E-state index in [9.17, 15) is 4.79 Å². The van der Waals surface area contributed by atoms with Gasteiger partial charge in [0.15, 0.2) is 0 Å². The Bertz CT molecular complexity index is 779. The highest BCUT2D eigenvalue weighted by Gasteiger charge is 2.27. The summed E-state index contributed by atoms with van der Waals surface area (Å²) in [6.07, 6.45) is 0.123. The maximum Gasteiger partial charge on any atom is 0.227 e. The maximum atomic E-state index is 12.8. The van der Waals surface area contributed by atoms with Crippen LogP contribution in [0.5, 0.6) is 0 Å². The number of aryl methyl sites for hydroxylation is 3. The molecule has 0 aromatic carbocycles. The number of nitrogens with zero attached hydrogens (tertiary/aromatic N) is 4. The van der Waals surface area contributed by atoms with E-state index in [-0.39, 0.29) is 12.0 Å². The van der Waals surface area contributed by atoms with Crippen LogP contribution in [0.3, 0.4) is 0 Å². The first-order chi connectivity index (χ1) is 11.8. The SMILES string of the molecule is Cc1cc(N)cc([C@H]2CN(C(=O)Cc3c(C)nn(C)c3C)CCO2)n1. The van der Waals surface area contributed by atoms with Gasteiger partial charge in [-0.2, -0.15) is 5.10 Å². The van der Waals surface area contributed by atoms with Crippen LogP contribution in [0.1, 0.15) is 34.4 Å². The Balaban J connectivity index is 1.73. The predicted molar refractivity (Wildman–Crippen MR) is 95.0 cm³/mol. The van der Waals surface area contributed by atoms with Gasteiger partial charge >= 0.3 is 0 Å². The first-order valence-corrected chi connectivity index (χ1v) is 8.47. The minimum absolute atomic E-state index is 0.0909. The second-order valence-electron chi connectivity index (χ2n) is 6.62. The minimum atomic E-state index is -0.240. The second kappa shape index (κ2) is 6.84. The smallest absolute Gasteiger partial charge is 0.227 e. The fourth-order valence-corrected chi connectivity index (χ4v) is 3.28. The number of hydrogen-bond donors (Lipinski definition) is 1. The molecule has 0 unspecified atom stereocenters. The van der Waals surface area contributed by atoms with Crippen molar-refractivity contribution in [3.8, 4) is 0 Å². The number of aromatic nitrogens is 3. The number of nitrogens with two attached hydrogens (primary N) is 1. The average Bonchev–Trinajstić information content (AvgIpc) is 2.80. The first kappa shape index (κ1) is 17.4. The van der Waals surface area contributed by atoms with E-state index in [0.717, 1.165) is 28.3 Å². The molecule has 0 bridgehead atoms. The van der Waals surface area contributed by atoms with Crippen molar-refractivity contribution < 1.29 is 9.53 Å². The summed E-state index contributed by atoms with van der Waals surface area (Å²) >= 11 is 0. The summed E-state index contributed by atoms with van der Waals surface area (Å²) in [7, 11) is 1.90. The number of pyridine rings is 1. The highest BCUT2D eigenvalue weighted by Crippen LogP contribution is 2.24. The van der Waals surface area contributed by atoms with Gasteiger partial charge in [-0.25, -0.2) is 0 Å². The molecule has 3 rings (SSSR count). The largest absolute Gasteiger partial charge is 0.399 e. The van der Waals surface area contributed by atoms with Gasteiger partial charge in [0.2, 0.25) is 5.91 Å². The van der Waals surface area contributed by atoms with Crippen LogP contribution in [0.4, 0.5) is 5.69 Å². The van der Waals surface area contributed by atoms with Gasteiger partial charge in [0, 0.05) is 36.2 Å². The summed E-state index contributed by atoms with van der Waals surface area (Å²) < 4.78 is 7.65. The zero-order chi connectivity index (χ0) is 18.1. The number of amides is 1. The van der Waals surface area contributed by atoms with E-state index in [1.54, 1.807) is 0 Å². The van der Waals surface area contributed by atoms with Crippen LogP contribution in [0.15, 0.2) is 12.1 Å². The summed E-state index contributed by atoms with van der Waals surface area (Å²) in [6, 6.07) is 3.64. The van der Waals surface area contributed by atoms with E-state index >= 15 is 0 Å². The van der Waals surface area contributed by atoms with Gasteiger partial charge in [-0.15, -0.1) is 0 Å². The number of nitrogen functional groups attached to an aromatic ring is 1. The van der Waals surface area contributed by atoms with E-state index in [4.69, 9.17) is 10.5 Å². The standard InChI is InChI=1S/C18H25N5O2/c1-11-7-14(19)8-16(20-11)17-10-23(5-6-25-17)18(24)9-15-12(2)21-22(4)13(15)3/h7-8,17H,5-6,9-10H2,1-4H3,(H2,19,20)/t17-/m1/s1. The van der Waals surface area contributed by atoms with E-state index < -0.39 is 0 Å². The molecule has 1 amide bonds. The Kier molecular flexibility index (Phi) is 4.76. The van der Waals surface area contributed by atoms with Crippen molar-refractivity contribution in [2.45, 2.75) is 33.3 Å². The van der Waals surface area contributed by atoms with Gasteiger partial charge in [-0.3, -0.25) is 14.5 Å². The van der Waals surface area contributed by atoms with Crippen molar-refractivity contribution in [2.24, 2.45) is 7.05 Å². The number of anilines is 1. The molecule has 0 saturated carbocycles. The topological polar surface area (TPSA) is 86.3 Å². The van der Waals surface area contributed by atoms with Crippen molar-refractivity contribution in [1.82, 2.24) is 19.7 Å². The minimum Gasteiger partial charge on any atom is -0.399 e. The number of hydrogen-bond acceptors (Lipinski definition) is 5. The quantitative estimate of drug-likeness (QED) is 0.912. The Labute approximate surface area is 147 Å². The zero-order valence-corrected chi connectivity index (χ0v) is 15.2. The molecule has 25 heavy (non-hydrogen) atoms. The molecule has 2 aromatic rings. The van der Waals surface area contributed by atoms with Gasteiger partial charge in [-0.05, 0) is 32.9 Å². The van der Waals surface area contributed by atoms with Crippen molar-refractivity contribution >= 4 is 11.6 Å². The number of rotatable bonds is 3. The molecule has 3 heterocycles. The number of morpholine rings is 1. The van der Waals surface area contributed by atoms with Crippen LogP contribution < -0.4 is 5.73 Å². The maximum absolute atomic E-state index is 12.8. The lowest BCUT2D eigenvalue weighted by molar-refractivity contribution is -0.138. The lowest BCUT2D eigenvalue weighted by Crippen LogP contribution is -2.43. The van der Waals surface area contributed by atoms with Crippen LogP contribution in [-0.4, -0.2) is 45.3 Å². The van der Waals surface area contributed by atoms with Crippen LogP contribution in [0, 0.1) is 20.8 Å². The third-order valence-electron chi connectivity index (χ3n) is 4.73. The van der Waals surface area contributed by atoms with Crippen LogP contribution in [0.25, 0.3) is 0 Å². The molecule has 7 heteroatoms. The monoisotopic (exact) mass is 343 g/mol. The Morgan fingerprint density at radius 2 is 2.12 bits per heavy atom. The molecular formula is C18H25N5O2. The highest BCUT2D eigenvalue weighted by molar-refractivity contribution is 5.79. The molecule has 0 spiro atoms. The number of carbonyl (C=O) groups excluding carboxylic acids is 1. The van der Waals surface area contributed by atoms with Gasteiger partial charge in [0.1, 0.15) is 6.10 Å². The van der Waals surface area contributed by atoms with Gasteiger partial charge < -0.3 is 15.4 Å². The molecule has 0 radical (unpaired) electrons. The van der Waals surface area contributed by atoms with Gasteiger partial charge in [-0.1, -0.05) is 0 Å². The van der Waals surface area contributed by atoms with Crippen molar-refractivity contribution in [3.05, 3.63) is 40.5 Å². The van der Waals surface area contributed by atoms with E-state index in [2.05, 4.69) is 10.1 Å². The Hall–Kier alpha value is -2.41. The van der Waals surface area contributed by atoms with Gasteiger partial charge in [0.25, 0.3) is 0 Å². The van der Waals surface area contributed by atoms with E-state index in [1.807, 2.05) is 49.5 Å². The summed E-state index contributed by atoms with van der Waals surface area (Å²) in [6.45, 7) is 7.42. The molecule has 1 atom stereocenters. The summed E-state index contributed by atoms with van der Waals surface area (Å²) in [5.74, 6) is 0.0909. The predicted octanol–water partition coefficient (Wildman–Crippen LogP) is 1.47. The summed E-state index contributed by atoms with van der Waals surface area (Å²) in [5, 5.41) is 4.39. The molecule has 1 fully saturated rings. The fraction of sp³-hybridized carbons (Fsp3) is 0.500. The third kappa shape index (κ3) is 3.66. The van der Waals surface area contributed by atoms with E-state index in [1.165, 1.54) is 0 Å². The molecule has 134 valence electrons. The normalized spacial score (nSPS) is 17.8. The molecule has 0 aliphatic carbocycles. The molecule has 1 aliphatic heterocycles. The number of carbonyl (C=O) groups is 1. The van der Waals surface area contributed by atoms with Gasteiger partial charge in [0.05, 0.1) is 31.0 Å². The fourth-order valence-electron chi connectivity index (χ4n) is 3.28.